The van der Waals surface area contributed by atoms with Crippen LogP contribution >= 0.6 is 0 Å². The first kappa shape index (κ1) is 16.3. The van der Waals surface area contributed by atoms with E-state index in [1.165, 1.54) is 0 Å². The van der Waals surface area contributed by atoms with Gasteiger partial charge in [-0.1, -0.05) is 0 Å². The molecule has 8 heteroatoms. The van der Waals surface area contributed by atoms with Crippen molar-refractivity contribution in [2.75, 3.05) is 25.5 Å². The summed E-state index contributed by atoms with van der Waals surface area (Å²) in [5, 5.41) is 4.33. The Labute approximate surface area is 150 Å². The fourth-order valence-electron chi connectivity index (χ4n) is 3.27. The first-order valence-electron chi connectivity index (χ1n) is 8.51. The third-order valence-corrected chi connectivity index (χ3v) is 4.64. The minimum Gasteiger partial charge on any atom is -0.478 e. The quantitative estimate of drug-likeness (QED) is 0.746. The van der Waals surface area contributed by atoms with Crippen LogP contribution in [0.3, 0.4) is 0 Å². The number of carbonyl (C=O) groups excluding carboxylic acids is 1. The van der Waals surface area contributed by atoms with E-state index in [0.717, 1.165) is 29.6 Å². The molecule has 1 unspecified atom stereocenters. The lowest BCUT2D eigenvalue weighted by molar-refractivity contribution is -0.127. The predicted octanol–water partition coefficient (Wildman–Crippen LogP) is 2.06. The molecule has 0 radical (unpaired) electrons. The summed E-state index contributed by atoms with van der Waals surface area (Å²) in [6, 6.07) is 4.02. The molecule has 134 valence electrons. The van der Waals surface area contributed by atoms with E-state index in [0.29, 0.717) is 23.9 Å². The molecule has 8 nitrogen and oxygen atoms in total. The molecule has 1 amide bonds. The summed E-state index contributed by atoms with van der Waals surface area (Å²) in [5.41, 5.74) is 2.44. The average Bonchev–Trinajstić information content (AvgIpc) is 3.29. The van der Waals surface area contributed by atoms with Crippen LogP contribution in [-0.4, -0.2) is 57.0 Å². The number of pyridine rings is 1. The Hall–Kier alpha value is -3.16. The molecule has 2 N–H and O–H groups in total. The number of hydrogen-bond acceptors (Lipinski definition) is 6. The van der Waals surface area contributed by atoms with E-state index >= 15 is 0 Å². The molecule has 1 fully saturated rings. The van der Waals surface area contributed by atoms with Crippen LogP contribution in [0.4, 0.5) is 5.82 Å². The fourth-order valence-corrected chi connectivity index (χ4v) is 3.27. The van der Waals surface area contributed by atoms with Crippen molar-refractivity contribution in [3.8, 4) is 17.1 Å². The predicted molar refractivity (Wildman–Crippen MR) is 98.0 cm³/mol. The van der Waals surface area contributed by atoms with Crippen molar-refractivity contribution in [3.63, 3.8) is 0 Å². The highest BCUT2D eigenvalue weighted by Gasteiger charge is 2.25. The van der Waals surface area contributed by atoms with E-state index in [9.17, 15) is 4.79 Å². The topological polar surface area (TPSA) is 96.0 Å². The first-order valence-corrected chi connectivity index (χ1v) is 8.51. The van der Waals surface area contributed by atoms with Crippen LogP contribution in [0.2, 0.25) is 0 Å². The number of hydrogen-bond donors (Lipinski definition) is 2. The second kappa shape index (κ2) is 6.62. The SMILES string of the molecule is COc1nc(-c2c[nH]c3ncccc23)cnc1NC1CCN(C(C)=O)C1. The molecule has 0 saturated carbocycles. The maximum absolute atomic E-state index is 11.5. The van der Waals surface area contributed by atoms with Crippen LogP contribution in [0.5, 0.6) is 5.88 Å². The van der Waals surface area contributed by atoms with Gasteiger partial charge in [-0.05, 0) is 18.6 Å². The second-order valence-corrected chi connectivity index (χ2v) is 6.31. The average molecular weight is 352 g/mol. The summed E-state index contributed by atoms with van der Waals surface area (Å²) in [6.45, 7) is 3.01. The Morgan fingerprint density at radius 3 is 3.08 bits per heavy atom. The molecule has 4 rings (SSSR count). The maximum atomic E-state index is 11.5. The molecule has 3 aromatic heterocycles. The number of rotatable bonds is 4. The highest BCUT2D eigenvalue weighted by atomic mass is 16.5. The van der Waals surface area contributed by atoms with Gasteiger partial charge in [-0.3, -0.25) is 4.79 Å². The molecular formula is C18H20N6O2. The number of nitrogens with zero attached hydrogens (tertiary/aromatic N) is 4. The van der Waals surface area contributed by atoms with Gasteiger partial charge in [-0.2, -0.15) is 0 Å². The van der Waals surface area contributed by atoms with Gasteiger partial charge in [0.25, 0.3) is 5.88 Å². The number of aromatic nitrogens is 4. The number of H-pyrrole nitrogens is 1. The van der Waals surface area contributed by atoms with E-state index in [1.54, 1.807) is 26.4 Å². The van der Waals surface area contributed by atoms with E-state index in [-0.39, 0.29) is 11.9 Å². The zero-order valence-electron chi connectivity index (χ0n) is 14.7. The summed E-state index contributed by atoms with van der Waals surface area (Å²) >= 11 is 0. The molecule has 26 heavy (non-hydrogen) atoms. The summed E-state index contributed by atoms with van der Waals surface area (Å²) in [5.74, 6) is 1.11. The highest BCUT2D eigenvalue weighted by molar-refractivity contribution is 5.92. The lowest BCUT2D eigenvalue weighted by atomic mass is 10.1. The van der Waals surface area contributed by atoms with Crippen LogP contribution < -0.4 is 10.1 Å². The van der Waals surface area contributed by atoms with Gasteiger partial charge in [0, 0.05) is 49.4 Å². The van der Waals surface area contributed by atoms with Gasteiger partial charge >= 0.3 is 0 Å². The number of amides is 1. The molecule has 1 aliphatic heterocycles. The number of carbonyl (C=O) groups is 1. The summed E-state index contributed by atoms with van der Waals surface area (Å²) < 4.78 is 5.44. The molecule has 0 spiro atoms. The minimum absolute atomic E-state index is 0.0932. The Kier molecular flexibility index (Phi) is 4.16. The third kappa shape index (κ3) is 2.94. The van der Waals surface area contributed by atoms with Gasteiger partial charge in [0.1, 0.15) is 5.65 Å². The molecule has 1 atom stereocenters. The molecular weight excluding hydrogens is 332 g/mol. The van der Waals surface area contributed by atoms with E-state index in [4.69, 9.17) is 4.74 Å². The van der Waals surface area contributed by atoms with Crippen molar-refractivity contribution in [2.24, 2.45) is 0 Å². The number of aromatic amines is 1. The van der Waals surface area contributed by atoms with Crippen molar-refractivity contribution in [1.82, 2.24) is 24.8 Å². The molecule has 4 heterocycles. The van der Waals surface area contributed by atoms with E-state index in [1.807, 2.05) is 23.2 Å². The number of nitrogens with one attached hydrogen (secondary N) is 2. The van der Waals surface area contributed by atoms with Gasteiger partial charge in [-0.15, -0.1) is 0 Å². The molecule has 0 aromatic carbocycles. The van der Waals surface area contributed by atoms with Gasteiger partial charge < -0.3 is 19.9 Å². The Balaban J connectivity index is 1.60. The van der Waals surface area contributed by atoms with Crippen molar-refractivity contribution in [3.05, 3.63) is 30.7 Å². The van der Waals surface area contributed by atoms with Crippen molar-refractivity contribution in [1.29, 1.82) is 0 Å². The normalized spacial score (nSPS) is 16.8. The van der Waals surface area contributed by atoms with E-state index < -0.39 is 0 Å². The van der Waals surface area contributed by atoms with Gasteiger partial charge in [-0.25, -0.2) is 15.0 Å². The fraction of sp³-hybridized carbons (Fsp3) is 0.333. The summed E-state index contributed by atoms with van der Waals surface area (Å²) in [7, 11) is 1.58. The lowest BCUT2D eigenvalue weighted by Crippen LogP contribution is -2.29. The molecule has 1 aliphatic rings. The van der Waals surface area contributed by atoms with Crippen LogP contribution in [0, 0.1) is 0 Å². The number of likely N-dealkylation sites (tertiary alicyclic amines) is 1. The van der Waals surface area contributed by atoms with Gasteiger partial charge in [0.2, 0.25) is 5.91 Å². The molecule has 3 aromatic rings. The maximum Gasteiger partial charge on any atom is 0.257 e. The monoisotopic (exact) mass is 352 g/mol. The Bertz CT molecular complexity index is 954. The first-order chi connectivity index (χ1) is 12.7. The molecule has 0 aliphatic carbocycles. The number of methoxy groups -OCH3 is 1. The summed E-state index contributed by atoms with van der Waals surface area (Å²) in [6.07, 6.45) is 6.21. The highest BCUT2D eigenvalue weighted by Crippen LogP contribution is 2.30. The Morgan fingerprint density at radius 1 is 1.42 bits per heavy atom. The smallest absolute Gasteiger partial charge is 0.257 e. The largest absolute Gasteiger partial charge is 0.478 e. The van der Waals surface area contributed by atoms with Crippen molar-refractivity contribution in [2.45, 2.75) is 19.4 Å². The Morgan fingerprint density at radius 2 is 2.31 bits per heavy atom. The number of fused-ring (bicyclic) bond motifs is 1. The zero-order valence-corrected chi connectivity index (χ0v) is 14.7. The minimum atomic E-state index is 0.0932. The van der Waals surface area contributed by atoms with Crippen LogP contribution in [-0.2, 0) is 4.79 Å². The third-order valence-electron chi connectivity index (χ3n) is 4.64. The standard InChI is InChI=1S/C18H20N6O2/c1-11(25)24-7-5-12(10-24)22-17-18(26-2)23-15(9-21-17)14-8-20-16-13(14)4-3-6-19-16/h3-4,6,8-9,12H,5,7,10H2,1-2H3,(H,19,20)(H,21,22). The molecule has 0 bridgehead atoms. The summed E-state index contributed by atoms with van der Waals surface area (Å²) in [4.78, 5) is 29.9. The van der Waals surface area contributed by atoms with Crippen molar-refractivity contribution >= 4 is 22.8 Å². The number of ether oxygens (including phenoxy) is 1. The van der Waals surface area contributed by atoms with Crippen LogP contribution in [0.1, 0.15) is 13.3 Å². The lowest BCUT2D eigenvalue weighted by Gasteiger charge is -2.17. The van der Waals surface area contributed by atoms with Crippen LogP contribution in [0.25, 0.3) is 22.3 Å². The van der Waals surface area contributed by atoms with E-state index in [2.05, 4.69) is 25.3 Å². The number of anilines is 1. The van der Waals surface area contributed by atoms with Gasteiger partial charge in [0.05, 0.1) is 19.0 Å². The van der Waals surface area contributed by atoms with Crippen LogP contribution in [0.15, 0.2) is 30.7 Å². The zero-order chi connectivity index (χ0) is 18.1. The van der Waals surface area contributed by atoms with Gasteiger partial charge in [0.15, 0.2) is 5.82 Å². The second-order valence-electron chi connectivity index (χ2n) is 6.31. The van der Waals surface area contributed by atoms with Crippen molar-refractivity contribution < 1.29 is 9.53 Å². The molecule has 1 saturated heterocycles.